The van der Waals surface area contributed by atoms with E-state index in [1.54, 1.807) is 0 Å². The van der Waals surface area contributed by atoms with Crippen LogP contribution in [0.5, 0.6) is 0 Å². The van der Waals surface area contributed by atoms with Gasteiger partial charge in [-0.1, -0.05) is 6.42 Å². The predicted octanol–water partition coefficient (Wildman–Crippen LogP) is 3.77. The number of hydrogen-bond acceptors (Lipinski definition) is 4. The lowest BCUT2D eigenvalue weighted by molar-refractivity contribution is 0.504. The summed E-state index contributed by atoms with van der Waals surface area (Å²) in [6, 6.07) is 0. The summed E-state index contributed by atoms with van der Waals surface area (Å²) >= 11 is 10.9. The van der Waals surface area contributed by atoms with Crippen molar-refractivity contribution >= 4 is 47.9 Å². The van der Waals surface area contributed by atoms with Crippen LogP contribution in [-0.4, -0.2) is 32.3 Å². The van der Waals surface area contributed by atoms with Crippen molar-refractivity contribution in [1.29, 1.82) is 0 Å². The third-order valence-electron chi connectivity index (χ3n) is 2.88. The van der Waals surface area contributed by atoms with Gasteiger partial charge in [-0.15, -0.1) is 23.5 Å². The van der Waals surface area contributed by atoms with E-state index < -0.39 is 0 Å². The van der Waals surface area contributed by atoms with Gasteiger partial charge in [0, 0.05) is 22.5 Å². The molecule has 1 aliphatic carbocycles. The number of rotatable bonds is 3. The molecule has 1 saturated heterocycles. The molecule has 4 heteroatoms. The van der Waals surface area contributed by atoms with E-state index in [4.69, 9.17) is 0 Å². The fourth-order valence-corrected chi connectivity index (χ4v) is 7.43. The number of thiol groups is 1. The molecule has 1 aliphatic heterocycles. The van der Waals surface area contributed by atoms with Gasteiger partial charge in [-0.2, -0.15) is 24.4 Å². The molecule has 2 rings (SSSR count). The van der Waals surface area contributed by atoms with Crippen molar-refractivity contribution < 1.29 is 0 Å². The van der Waals surface area contributed by atoms with Gasteiger partial charge in [0.05, 0.1) is 4.08 Å². The molecule has 2 aliphatic rings. The highest BCUT2D eigenvalue weighted by Crippen LogP contribution is 2.54. The molecule has 1 saturated carbocycles. The SMILES string of the molecule is SCCSC1CCCC2(C1)SCCS2. The van der Waals surface area contributed by atoms with E-state index in [9.17, 15) is 0 Å². The molecule has 0 aromatic rings. The molecular weight excluding hydrogens is 248 g/mol. The van der Waals surface area contributed by atoms with E-state index in [1.807, 2.05) is 0 Å². The van der Waals surface area contributed by atoms with E-state index in [0.29, 0.717) is 4.08 Å². The zero-order valence-electron chi connectivity index (χ0n) is 8.41. The fourth-order valence-electron chi connectivity index (χ4n) is 2.27. The van der Waals surface area contributed by atoms with Crippen LogP contribution >= 0.6 is 47.9 Å². The van der Waals surface area contributed by atoms with Crippen LogP contribution in [0.1, 0.15) is 25.7 Å². The molecule has 1 spiro atoms. The Balaban J connectivity index is 1.83. The summed E-state index contributed by atoms with van der Waals surface area (Å²) in [6.45, 7) is 0. The maximum atomic E-state index is 4.29. The van der Waals surface area contributed by atoms with Gasteiger partial charge in [0.1, 0.15) is 0 Å². The van der Waals surface area contributed by atoms with E-state index >= 15 is 0 Å². The standard InChI is InChI=1S/C10H18S4/c11-4-5-12-9-2-1-3-10(8-9)13-6-7-14-10/h9,11H,1-8H2. The molecule has 1 heterocycles. The maximum absolute atomic E-state index is 4.29. The lowest BCUT2D eigenvalue weighted by Crippen LogP contribution is -2.28. The molecule has 2 fully saturated rings. The van der Waals surface area contributed by atoms with Gasteiger partial charge < -0.3 is 0 Å². The minimum absolute atomic E-state index is 0.631. The van der Waals surface area contributed by atoms with Gasteiger partial charge in [0.2, 0.25) is 0 Å². The Morgan fingerprint density at radius 2 is 2.14 bits per heavy atom. The zero-order valence-corrected chi connectivity index (χ0v) is 11.8. The second kappa shape index (κ2) is 5.65. The first-order valence-electron chi connectivity index (χ1n) is 5.35. The Hall–Kier alpha value is 1.40. The summed E-state index contributed by atoms with van der Waals surface area (Å²) in [6.07, 6.45) is 5.80. The summed E-state index contributed by atoms with van der Waals surface area (Å²) < 4.78 is 0.631. The van der Waals surface area contributed by atoms with Crippen molar-refractivity contribution in [3.63, 3.8) is 0 Å². The summed E-state index contributed by atoms with van der Waals surface area (Å²) in [5.41, 5.74) is 0. The molecule has 0 aromatic heterocycles. The molecule has 0 N–H and O–H groups in total. The number of thioether (sulfide) groups is 3. The van der Waals surface area contributed by atoms with Gasteiger partial charge in [-0.05, 0) is 25.0 Å². The van der Waals surface area contributed by atoms with Crippen LogP contribution in [-0.2, 0) is 0 Å². The predicted molar refractivity (Wildman–Crippen MR) is 76.2 cm³/mol. The van der Waals surface area contributed by atoms with E-state index in [2.05, 4.69) is 47.9 Å². The van der Waals surface area contributed by atoms with Crippen molar-refractivity contribution in [2.24, 2.45) is 0 Å². The Morgan fingerprint density at radius 3 is 2.86 bits per heavy atom. The Bertz CT molecular complexity index is 177. The molecule has 0 bridgehead atoms. The lowest BCUT2D eigenvalue weighted by atomic mass is 9.99. The highest BCUT2D eigenvalue weighted by Gasteiger charge is 2.40. The third kappa shape index (κ3) is 2.96. The quantitative estimate of drug-likeness (QED) is 0.773. The van der Waals surface area contributed by atoms with Crippen LogP contribution in [0.3, 0.4) is 0 Å². The van der Waals surface area contributed by atoms with Gasteiger partial charge in [0.15, 0.2) is 0 Å². The monoisotopic (exact) mass is 266 g/mol. The summed E-state index contributed by atoms with van der Waals surface area (Å²) in [7, 11) is 0. The topological polar surface area (TPSA) is 0 Å². The van der Waals surface area contributed by atoms with Crippen LogP contribution in [0.25, 0.3) is 0 Å². The molecule has 0 radical (unpaired) electrons. The molecule has 0 aromatic carbocycles. The molecule has 14 heavy (non-hydrogen) atoms. The van der Waals surface area contributed by atoms with Crippen LogP contribution in [0.2, 0.25) is 0 Å². The van der Waals surface area contributed by atoms with Gasteiger partial charge in [-0.25, -0.2) is 0 Å². The van der Waals surface area contributed by atoms with Crippen molar-refractivity contribution in [1.82, 2.24) is 0 Å². The number of hydrogen-bond donors (Lipinski definition) is 1. The molecule has 82 valence electrons. The minimum atomic E-state index is 0.631. The van der Waals surface area contributed by atoms with Crippen LogP contribution in [0.4, 0.5) is 0 Å². The zero-order chi connectivity index (χ0) is 9.86. The van der Waals surface area contributed by atoms with Crippen molar-refractivity contribution in [2.45, 2.75) is 35.0 Å². The van der Waals surface area contributed by atoms with Crippen LogP contribution < -0.4 is 0 Å². The van der Waals surface area contributed by atoms with Crippen LogP contribution in [0, 0.1) is 0 Å². The average molecular weight is 267 g/mol. The molecule has 1 unspecified atom stereocenters. The first kappa shape index (κ1) is 11.9. The third-order valence-corrected chi connectivity index (χ3v) is 8.30. The first-order chi connectivity index (χ1) is 6.85. The van der Waals surface area contributed by atoms with E-state index in [1.165, 1.54) is 42.9 Å². The normalized spacial score (nSPS) is 31.1. The fraction of sp³-hybridized carbons (Fsp3) is 1.00. The second-order valence-electron chi connectivity index (χ2n) is 3.92. The minimum Gasteiger partial charge on any atom is -0.179 e. The maximum Gasteiger partial charge on any atom is 0.0622 e. The molecule has 0 nitrogen and oxygen atoms in total. The Kier molecular flexibility index (Phi) is 4.79. The highest BCUT2D eigenvalue weighted by atomic mass is 32.2. The smallest absolute Gasteiger partial charge is 0.0622 e. The second-order valence-corrected chi connectivity index (χ2v) is 8.99. The summed E-state index contributed by atoms with van der Waals surface area (Å²) in [4.78, 5) is 0. The highest BCUT2D eigenvalue weighted by molar-refractivity contribution is 8.21. The Labute approximate surface area is 106 Å². The van der Waals surface area contributed by atoms with Gasteiger partial charge in [-0.3, -0.25) is 0 Å². The lowest BCUT2D eigenvalue weighted by Gasteiger charge is -2.36. The largest absolute Gasteiger partial charge is 0.179 e. The van der Waals surface area contributed by atoms with Crippen LogP contribution in [0.15, 0.2) is 0 Å². The van der Waals surface area contributed by atoms with E-state index in [-0.39, 0.29) is 0 Å². The summed E-state index contributed by atoms with van der Waals surface area (Å²) in [5, 5.41) is 0.925. The molecule has 0 amide bonds. The van der Waals surface area contributed by atoms with Crippen molar-refractivity contribution in [3.05, 3.63) is 0 Å². The van der Waals surface area contributed by atoms with Crippen molar-refractivity contribution in [3.8, 4) is 0 Å². The van der Waals surface area contributed by atoms with Gasteiger partial charge >= 0.3 is 0 Å². The van der Waals surface area contributed by atoms with Crippen molar-refractivity contribution in [2.75, 3.05) is 23.0 Å². The average Bonchev–Trinajstić information content (AvgIpc) is 2.63. The first-order valence-corrected chi connectivity index (χ1v) is 9.00. The van der Waals surface area contributed by atoms with E-state index in [0.717, 1.165) is 11.0 Å². The van der Waals surface area contributed by atoms with Gasteiger partial charge in [0.25, 0.3) is 0 Å². The molecule has 1 atom stereocenters. The Morgan fingerprint density at radius 1 is 1.36 bits per heavy atom. The molecular formula is C10H18S4. The summed E-state index contributed by atoms with van der Waals surface area (Å²) in [5.74, 6) is 5.04.